The van der Waals surface area contributed by atoms with Crippen LogP contribution >= 0.6 is 45.9 Å². The highest BCUT2D eigenvalue weighted by molar-refractivity contribution is 7.19. The second-order valence-corrected chi connectivity index (χ2v) is 8.89. The van der Waals surface area contributed by atoms with Gasteiger partial charge in [-0.15, -0.1) is 22.7 Å². The fourth-order valence-corrected chi connectivity index (χ4v) is 5.41. The minimum absolute atomic E-state index is 0.526. The smallest absolute Gasteiger partial charge is 0.190 e. The number of benzene rings is 1. The van der Waals surface area contributed by atoms with Crippen LogP contribution in [-0.2, 0) is 0 Å². The summed E-state index contributed by atoms with van der Waals surface area (Å²) in [6.45, 7) is 0. The summed E-state index contributed by atoms with van der Waals surface area (Å²) >= 11 is 15.5. The number of halogens is 2. The van der Waals surface area contributed by atoms with Gasteiger partial charge in [0.05, 0.1) is 20.6 Å². The molecule has 0 N–H and O–H groups in total. The molecule has 0 atom stereocenters. The van der Waals surface area contributed by atoms with Gasteiger partial charge in [0.1, 0.15) is 0 Å². The van der Waals surface area contributed by atoms with Crippen LogP contribution in [0.5, 0.6) is 0 Å². The number of hydrogen-bond donors (Lipinski definition) is 0. The molecule has 2 aromatic heterocycles. The lowest BCUT2D eigenvalue weighted by atomic mass is 10.2. The van der Waals surface area contributed by atoms with Gasteiger partial charge in [-0.3, -0.25) is 0 Å². The van der Waals surface area contributed by atoms with Crippen molar-refractivity contribution >= 4 is 51.6 Å². The summed E-state index contributed by atoms with van der Waals surface area (Å²) in [6.07, 6.45) is 5.02. The van der Waals surface area contributed by atoms with Gasteiger partial charge in [-0.25, -0.2) is 4.99 Å². The fraction of sp³-hybridized carbons (Fsp3) is 0.278. The molecule has 4 rings (SSSR count). The highest BCUT2D eigenvalue weighted by Crippen LogP contribution is 2.37. The first-order valence-corrected chi connectivity index (χ1v) is 10.4. The van der Waals surface area contributed by atoms with Gasteiger partial charge in [-0.05, 0) is 49.2 Å². The molecule has 1 fully saturated rings. The SMILES string of the molecule is Clc1ccc(N=c2scc(-c3ccc(Cl)s3)n2C2CCCC2)cc1. The van der Waals surface area contributed by atoms with Crippen molar-refractivity contribution in [2.75, 3.05) is 0 Å². The Labute approximate surface area is 159 Å². The Morgan fingerprint density at radius 2 is 1.75 bits per heavy atom. The van der Waals surface area contributed by atoms with E-state index in [0.717, 1.165) is 19.8 Å². The van der Waals surface area contributed by atoms with Crippen LogP contribution in [-0.4, -0.2) is 4.57 Å². The normalized spacial score (nSPS) is 16.2. The van der Waals surface area contributed by atoms with Gasteiger partial charge in [-0.2, -0.15) is 0 Å². The fourth-order valence-electron chi connectivity index (χ4n) is 3.18. The van der Waals surface area contributed by atoms with E-state index in [9.17, 15) is 0 Å². The van der Waals surface area contributed by atoms with Crippen LogP contribution in [0.1, 0.15) is 31.7 Å². The largest absolute Gasteiger partial charge is 0.313 e. The summed E-state index contributed by atoms with van der Waals surface area (Å²) in [5.41, 5.74) is 2.17. The molecule has 1 saturated carbocycles. The van der Waals surface area contributed by atoms with Crippen molar-refractivity contribution in [3.8, 4) is 10.6 Å². The predicted octanol–water partition coefficient (Wildman–Crippen LogP) is 6.93. The van der Waals surface area contributed by atoms with Crippen LogP contribution in [0, 0.1) is 0 Å². The molecule has 2 heterocycles. The number of nitrogens with zero attached hydrogens (tertiary/aromatic N) is 2. The minimum Gasteiger partial charge on any atom is -0.313 e. The summed E-state index contributed by atoms with van der Waals surface area (Å²) in [5, 5.41) is 2.94. The van der Waals surface area contributed by atoms with Crippen molar-refractivity contribution in [2.24, 2.45) is 4.99 Å². The highest BCUT2D eigenvalue weighted by Gasteiger charge is 2.22. The molecular weight excluding hydrogens is 379 g/mol. The van der Waals surface area contributed by atoms with Gasteiger partial charge in [0.15, 0.2) is 4.80 Å². The van der Waals surface area contributed by atoms with Gasteiger partial charge >= 0.3 is 0 Å². The summed E-state index contributed by atoms with van der Waals surface area (Å²) in [6, 6.07) is 12.3. The molecule has 6 heteroatoms. The molecule has 3 aromatic rings. The zero-order chi connectivity index (χ0) is 16.5. The van der Waals surface area contributed by atoms with Crippen LogP contribution in [0.15, 0.2) is 46.8 Å². The van der Waals surface area contributed by atoms with Crippen molar-refractivity contribution in [3.63, 3.8) is 0 Å². The molecule has 0 amide bonds. The molecule has 24 heavy (non-hydrogen) atoms. The van der Waals surface area contributed by atoms with E-state index in [2.05, 4.69) is 16.0 Å². The second kappa shape index (κ2) is 7.04. The highest BCUT2D eigenvalue weighted by atomic mass is 35.5. The predicted molar refractivity (Wildman–Crippen MR) is 105 cm³/mol. The van der Waals surface area contributed by atoms with Crippen molar-refractivity contribution < 1.29 is 0 Å². The zero-order valence-corrected chi connectivity index (χ0v) is 16.1. The molecular formula is C18H16Cl2N2S2. The molecule has 0 aliphatic heterocycles. The van der Waals surface area contributed by atoms with E-state index >= 15 is 0 Å². The third-order valence-electron chi connectivity index (χ3n) is 4.31. The Kier molecular flexibility index (Phi) is 4.81. The number of aromatic nitrogens is 1. The molecule has 2 nitrogen and oxygen atoms in total. The van der Waals surface area contributed by atoms with Gasteiger partial charge in [0, 0.05) is 16.4 Å². The molecule has 1 aliphatic rings. The molecule has 1 aliphatic carbocycles. The monoisotopic (exact) mass is 394 g/mol. The molecule has 0 unspecified atom stereocenters. The van der Waals surface area contributed by atoms with Gasteiger partial charge in [0.2, 0.25) is 0 Å². The topological polar surface area (TPSA) is 17.3 Å². The van der Waals surface area contributed by atoms with E-state index in [1.807, 2.05) is 30.3 Å². The maximum absolute atomic E-state index is 6.15. The maximum atomic E-state index is 6.15. The van der Waals surface area contributed by atoms with Crippen LogP contribution in [0.3, 0.4) is 0 Å². The average molecular weight is 395 g/mol. The number of thiazole rings is 1. The Morgan fingerprint density at radius 3 is 2.42 bits per heavy atom. The first-order valence-electron chi connectivity index (χ1n) is 7.97. The van der Waals surface area contributed by atoms with Crippen LogP contribution < -0.4 is 4.80 Å². The minimum atomic E-state index is 0.526. The van der Waals surface area contributed by atoms with Gasteiger partial charge < -0.3 is 4.57 Å². The average Bonchev–Trinajstić information content (AvgIpc) is 3.29. The number of hydrogen-bond acceptors (Lipinski definition) is 3. The van der Waals surface area contributed by atoms with Crippen molar-refractivity contribution in [1.29, 1.82) is 0 Å². The Morgan fingerprint density at radius 1 is 1.00 bits per heavy atom. The first-order chi connectivity index (χ1) is 11.7. The van der Waals surface area contributed by atoms with E-state index < -0.39 is 0 Å². The van der Waals surface area contributed by atoms with Crippen molar-refractivity contribution in [1.82, 2.24) is 4.57 Å². The third-order valence-corrected chi connectivity index (χ3v) is 6.65. The van der Waals surface area contributed by atoms with E-state index in [-0.39, 0.29) is 0 Å². The lowest BCUT2D eigenvalue weighted by Crippen LogP contribution is -2.19. The van der Waals surface area contributed by atoms with E-state index in [0.29, 0.717) is 6.04 Å². The van der Waals surface area contributed by atoms with Crippen LogP contribution in [0.2, 0.25) is 9.36 Å². The molecule has 1 aromatic carbocycles. The summed E-state index contributed by atoms with van der Waals surface area (Å²) in [5.74, 6) is 0. The molecule has 0 bridgehead atoms. The van der Waals surface area contributed by atoms with Crippen molar-refractivity contribution in [3.05, 3.63) is 55.9 Å². The lowest BCUT2D eigenvalue weighted by molar-refractivity contribution is 0.512. The first kappa shape index (κ1) is 16.4. The number of rotatable bonds is 3. The Bertz CT molecular complexity index is 900. The van der Waals surface area contributed by atoms with Crippen LogP contribution in [0.25, 0.3) is 10.6 Å². The van der Waals surface area contributed by atoms with Gasteiger partial charge in [-0.1, -0.05) is 36.0 Å². The van der Waals surface area contributed by atoms with Crippen molar-refractivity contribution in [2.45, 2.75) is 31.7 Å². The Balaban J connectivity index is 1.84. The lowest BCUT2D eigenvalue weighted by Gasteiger charge is -2.15. The van der Waals surface area contributed by atoms with Gasteiger partial charge in [0.25, 0.3) is 0 Å². The molecule has 0 spiro atoms. The van der Waals surface area contributed by atoms with E-state index in [4.69, 9.17) is 28.2 Å². The molecule has 0 saturated heterocycles. The summed E-state index contributed by atoms with van der Waals surface area (Å²) in [7, 11) is 0. The quantitative estimate of drug-likeness (QED) is 0.457. The summed E-state index contributed by atoms with van der Waals surface area (Å²) < 4.78 is 3.24. The standard InChI is InChI=1S/C18H16Cl2N2S2/c19-12-5-7-13(8-6-12)21-18-22(14-3-1-2-4-14)15(11-23-18)16-9-10-17(20)24-16/h5-11,14H,1-4H2. The Hall–Kier alpha value is -1.07. The third kappa shape index (κ3) is 3.33. The van der Waals surface area contributed by atoms with E-state index in [1.54, 1.807) is 22.7 Å². The van der Waals surface area contributed by atoms with Crippen LogP contribution in [0.4, 0.5) is 5.69 Å². The summed E-state index contributed by atoms with van der Waals surface area (Å²) in [4.78, 5) is 7.13. The molecule has 0 radical (unpaired) electrons. The zero-order valence-electron chi connectivity index (χ0n) is 12.9. The number of thiophene rings is 1. The molecule has 124 valence electrons. The maximum Gasteiger partial charge on any atom is 0.190 e. The van der Waals surface area contributed by atoms with E-state index in [1.165, 1.54) is 36.3 Å². The second-order valence-electron chi connectivity index (χ2n) is 5.90.